The molecule has 3 rings (SSSR count). The molecule has 2 aromatic rings. The predicted molar refractivity (Wildman–Crippen MR) is 78.1 cm³/mol. The van der Waals surface area contributed by atoms with Crippen LogP contribution in [0.1, 0.15) is 10.4 Å². The van der Waals surface area contributed by atoms with Gasteiger partial charge in [0.05, 0.1) is 11.8 Å². The molecule has 0 fully saturated rings. The smallest absolute Gasteiger partial charge is 0.252 e. The van der Waals surface area contributed by atoms with Gasteiger partial charge in [0.15, 0.2) is 9.84 Å². The highest BCUT2D eigenvalue weighted by atomic mass is 32.2. The van der Waals surface area contributed by atoms with Gasteiger partial charge in [0, 0.05) is 11.0 Å². The van der Waals surface area contributed by atoms with Crippen molar-refractivity contribution < 1.29 is 13.2 Å². The zero-order chi connectivity index (χ0) is 14.2. The van der Waals surface area contributed by atoms with E-state index in [-0.39, 0.29) is 11.7 Å². The van der Waals surface area contributed by atoms with Crippen LogP contribution in [0.4, 0.5) is 0 Å². The summed E-state index contributed by atoms with van der Waals surface area (Å²) in [7, 11) is -3.16. The van der Waals surface area contributed by atoms with Gasteiger partial charge in [-0.15, -0.1) is 0 Å². The average Bonchev–Trinajstić information content (AvgIpc) is 2.77. The third kappa shape index (κ3) is 2.44. The molecule has 0 aromatic heterocycles. The van der Waals surface area contributed by atoms with Crippen LogP contribution in [-0.4, -0.2) is 26.1 Å². The summed E-state index contributed by atoms with van der Waals surface area (Å²) in [4.78, 5) is 12.3. The van der Waals surface area contributed by atoms with Crippen LogP contribution in [0, 0.1) is 0 Å². The number of sulfone groups is 1. The third-order valence-corrected chi connectivity index (χ3v) is 4.68. The van der Waals surface area contributed by atoms with Crippen LogP contribution in [-0.2, 0) is 9.84 Å². The number of hydrogen-bond acceptors (Lipinski definition) is 3. The summed E-state index contributed by atoms with van der Waals surface area (Å²) in [6, 6.07) is 12.6. The Balaban J connectivity index is 1.89. The monoisotopic (exact) mass is 287 g/mol. The topological polar surface area (TPSA) is 63.2 Å². The molecule has 1 unspecified atom stereocenters. The first-order valence-corrected chi connectivity index (χ1v) is 7.96. The maximum atomic E-state index is 12.3. The van der Waals surface area contributed by atoms with Gasteiger partial charge in [0.1, 0.15) is 0 Å². The Morgan fingerprint density at radius 3 is 2.60 bits per heavy atom. The number of carbonyl (C=O) groups is 1. The van der Waals surface area contributed by atoms with E-state index in [2.05, 4.69) is 5.32 Å². The molecule has 20 heavy (non-hydrogen) atoms. The fourth-order valence-corrected chi connectivity index (χ4v) is 3.57. The van der Waals surface area contributed by atoms with Crippen molar-refractivity contribution in [1.29, 1.82) is 0 Å². The van der Waals surface area contributed by atoms with Crippen molar-refractivity contribution in [3.8, 4) is 0 Å². The number of nitrogens with one attached hydrogen (secondary N) is 1. The van der Waals surface area contributed by atoms with Crippen molar-refractivity contribution in [2.75, 3.05) is 5.75 Å². The number of benzene rings is 2. The minimum Gasteiger partial charge on any atom is -0.345 e. The summed E-state index contributed by atoms with van der Waals surface area (Å²) in [5.41, 5.74) is 0.556. The predicted octanol–water partition coefficient (Wildman–Crippen LogP) is 1.88. The standard InChI is InChI=1S/C15H13NO3S/c17-15(16-12-8-9-20(18,19)10-12)14-7-3-5-11-4-1-2-6-13(11)14/h1-9,12H,10H2,(H,16,17). The molecular formula is C15H13NO3S. The fraction of sp³-hybridized carbons (Fsp3) is 0.133. The Bertz CT molecular complexity index is 803. The normalized spacial score (nSPS) is 20.1. The van der Waals surface area contributed by atoms with Crippen molar-refractivity contribution >= 4 is 26.5 Å². The number of rotatable bonds is 2. The molecule has 0 saturated heterocycles. The van der Waals surface area contributed by atoms with E-state index in [1.165, 1.54) is 6.08 Å². The summed E-state index contributed by atoms with van der Waals surface area (Å²) >= 11 is 0. The van der Waals surface area contributed by atoms with E-state index in [0.717, 1.165) is 16.2 Å². The summed E-state index contributed by atoms with van der Waals surface area (Å²) in [5, 5.41) is 5.73. The Hall–Kier alpha value is -2.14. The molecule has 1 N–H and O–H groups in total. The Morgan fingerprint density at radius 1 is 1.10 bits per heavy atom. The molecule has 0 spiro atoms. The molecule has 1 amide bonds. The van der Waals surface area contributed by atoms with Gasteiger partial charge in [-0.2, -0.15) is 0 Å². The lowest BCUT2D eigenvalue weighted by Crippen LogP contribution is -2.35. The van der Waals surface area contributed by atoms with Gasteiger partial charge in [-0.25, -0.2) is 8.42 Å². The van der Waals surface area contributed by atoms with E-state index in [1.54, 1.807) is 6.07 Å². The molecule has 1 aliphatic heterocycles. The summed E-state index contributed by atoms with van der Waals surface area (Å²) in [6.45, 7) is 0. The van der Waals surface area contributed by atoms with Crippen molar-refractivity contribution in [3.63, 3.8) is 0 Å². The van der Waals surface area contributed by atoms with Crippen molar-refractivity contribution in [2.24, 2.45) is 0 Å². The first-order chi connectivity index (χ1) is 9.55. The zero-order valence-corrected chi connectivity index (χ0v) is 11.4. The van der Waals surface area contributed by atoms with E-state index in [1.807, 2.05) is 36.4 Å². The van der Waals surface area contributed by atoms with Gasteiger partial charge in [-0.3, -0.25) is 4.79 Å². The van der Waals surface area contributed by atoms with Crippen molar-refractivity contribution in [2.45, 2.75) is 6.04 Å². The second-order valence-corrected chi connectivity index (χ2v) is 6.70. The molecular weight excluding hydrogens is 274 g/mol. The van der Waals surface area contributed by atoms with Gasteiger partial charge in [-0.05, 0) is 22.9 Å². The van der Waals surface area contributed by atoms with Gasteiger partial charge >= 0.3 is 0 Å². The molecule has 0 radical (unpaired) electrons. The second-order valence-electron chi connectivity index (χ2n) is 4.76. The number of carbonyl (C=O) groups excluding carboxylic acids is 1. The molecule has 0 bridgehead atoms. The van der Waals surface area contributed by atoms with Gasteiger partial charge in [0.2, 0.25) is 0 Å². The van der Waals surface area contributed by atoms with Crippen molar-refractivity contribution in [1.82, 2.24) is 5.32 Å². The maximum absolute atomic E-state index is 12.3. The van der Waals surface area contributed by atoms with Gasteiger partial charge in [-0.1, -0.05) is 36.4 Å². The Labute approximate surface area is 117 Å². The summed E-state index contributed by atoms with van der Waals surface area (Å²) in [5.74, 6) is -0.322. The lowest BCUT2D eigenvalue weighted by Gasteiger charge is -2.11. The maximum Gasteiger partial charge on any atom is 0.252 e. The number of hydrogen-bond donors (Lipinski definition) is 1. The van der Waals surface area contributed by atoms with Gasteiger partial charge in [0.25, 0.3) is 5.91 Å². The molecule has 0 aliphatic carbocycles. The Kier molecular flexibility index (Phi) is 3.06. The van der Waals surface area contributed by atoms with Crippen LogP contribution in [0.3, 0.4) is 0 Å². The fourth-order valence-electron chi connectivity index (χ4n) is 2.34. The van der Waals surface area contributed by atoms with Crippen LogP contribution >= 0.6 is 0 Å². The quantitative estimate of drug-likeness (QED) is 0.917. The first-order valence-electron chi connectivity index (χ1n) is 6.25. The van der Waals surface area contributed by atoms with E-state index >= 15 is 0 Å². The molecule has 2 aromatic carbocycles. The third-order valence-electron chi connectivity index (χ3n) is 3.28. The molecule has 1 aliphatic rings. The van der Waals surface area contributed by atoms with E-state index in [4.69, 9.17) is 0 Å². The average molecular weight is 287 g/mol. The summed E-state index contributed by atoms with van der Waals surface area (Å²) < 4.78 is 22.7. The molecule has 4 nitrogen and oxygen atoms in total. The van der Waals surface area contributed by atoms with E-state index < -0.39 is 15.9 Å². The first kappa shape index (κ1) is 12.9. The van der Waals surface area contributed by atoms with Crippen LogP contribution in [0.25, 0.3) is 10.8 Å². The minimum absolute atomic E-state index is 0.0660. The second kappa shape index (κ2) is 4.76. The number of fused-ring (bicyclic) bond motifs is 1. The SMILES string of the molecule is O=C(NC1C=CS(=O)(=O)C1)c1cccc2ccccc12. The minimum atomic E-state index is -3.16. The molecule has 5 heteroatoms. The lowest BCUT2D eigenvalue weighted by molar-refractivity contribution is 0.0949. The van der Waals surface area contributed by atoms with Crippen LogP contribution < -0.4 is 5.32 Å². The Morgan fingerprint density at radius 2 is 1.85 bits per heavy atom. The van der Waals surface area contributed by atoms with Crippen LogP contribution in [0.5, 0.6) is 0 Å². The highest BCUT2D eigenvalue weighted by molar-refractivity contribution is 7.94. The number of amides is 1. The molecule has 0 saturated carbocycles. The van der Waals surface area contributed by atoms with Crippen molar-refractivity contribution in [3.05, 3.63) is 59.5 Å². The van der Waals surface area contributed by atoms with Crippen LogP contribution in [0.15, 0.2) is 53.9 Å². The highest BCUT2D eigenvalue weighted by Crippen LogP contribution is 2.19. The highest BCUT2D eigenvalue weighted by Gasteiger charge is 2.23. The zero-order valence-electron chi connectivity index (χ0n) is 10.6. The van der Waals surface area contributed by atoms with E-state index in [9.17, 15) is 13.2 Å². The van der Waals surface area contributed by atoms with Gasteiger partial charge < -0.3 is 5.32 Å². The summed E-state index contributed by atoms with van der Waals surface area (Å²) in [6.07, 6.45) is 1.51. The largest absolute Gasteiger partial charge is 0.345 e. The van der Waals surface area contributed by atoms with Crippen LogP contribution in [0.2, 0.25) is 0 Å². The molecule has 1 heterocycles. The lowest BCUT2D eigenvalue weighted by atomic mass is 10.0. The molecule has 102 valence electrons. The molecule has 1 atom stereocenters. The van der Waals surface area contributed by atoms with E-state index in [0.29, 0.717) is 5.56 Å².